The first-order chi connectivity index (χ1) is 11.7. The number of amides is 1. The van der Waals surface area contributed by atoms with Crippen LogP contribution < -0.4 is 10.5 Å². The molecule has 0 aliphatic carbocycles. The number of pyridine rings is 1. The lowest BCUT2D eigenvalue weighted by atomic mass is 9.90. The van der Waals surface area contributed by atoms with Crippen LogP contribution in [0.5, 0.6) is 11.5 Å². The highest BCUT2D eigenvalue weighted by atomic mass is 16.5. The van der Waals surface area contributed by atoms with Crippen LogP contribution in [0.25, 0.3) is 0 Å². The summed E-state index contributed by atoms with van der Waals surface area (Å²) in [6, 6.07) is 13.0. The Morgan fingerprint density at radius 2 is 2.08 bits per heavy atom. The van der Waals surface area contributed by atoms with E-state index in [1.54, 1.807) is 18.3 Å². The Hall–Kier alpha value is -2.40. The van der Waals surface area contributed by atoms with E-state index in [1.165, 1.54) is 0 Å². The smallest absolute Gasteiger partial charge is 0.272 e. The summed E-state index contributed by atoms with van der Waals surface area (Å²) in [4.78, 5) is 19.0. The summed E-state index contributed by atoms with van der Waals surface area (Å²) in [5.41, 5.74) is 6.29. The molecular weight excluding hydrogens is 302 g/mol. The van der Waals surface area contributed by atoms with E-state index in [-0.39, 0.29) is 11.9 Å². The molecule has 5 nitrogen and oxygen atoms in total. The summed E-state index contributed by atoms with van der Waals surface area (Å²) >= 11 is 0. The minimum absolute atomic E-state index is 0.0736. The van der Waals surface area contributed by atoms with Crippen LogP contribution in [0.1, 0.15) is 30.3 Å². The van der Waals surface area contributed by atoms with Crippen molar-refractivity contribution < 1.29 is 9.53 Å². The molecule has 2 heterocycles. The Bertz CT molecular complexity index is 690. The van der Waals surface area contributed by atoms with E-state index in [0.29, 0.717) is 23.9 Å². The molecule has 24 heavy (non-hydrogen) atoms. The Kier molecular flexibility index (Phi) is 5.11. The largest absolute Gasteiger partial charge is 0.457 e. The summed E-state index contributed by atoms with van der Waals surface area (Å²) < 4.78 is 5.80. The summed E-state index contributed by atoms with van der Waals surface area (Å²) in [7, 11) is 0. The molecule has 0 unspecified atom stereocenters. The molecule has 0 bridgehead atoms. The van der Waals surface area contributed by atoms with Gasteiger partial charge in [-0.05, 0) is 37.0 Å². The van der Waals surface area contributed by atoms with Gasteiger partial charge in [-0.1, -0.05) is 25.1 Å². The van der Waals surface area contributed by atoms with Gasteiger partial charge in [-0.3, -0.25) is 9.78 Å². The Morgan fingerprint density at radius 3 is 2.83 bits per heavy atom. The van der Waals surface area contributed by atoms with Crippen molar-refractivity contribution in [2.24, 2.45) is 11.7 Å². The van der Waals surface area contributed by atoms with Crippen LogP contribution >= 0.6 is 0 Å². The summed E-state index contributed by atoms with van der Waals surface area (Å²) in [5.74, 6) is 1.68. The van der Waals surface area contributed by atoms with Crippen LogP contribution in [-0.4, -0.2) is 34.9 Å². The van der Waals surface area contributed by atoms with Crippen molar-refractivity contribution in [2.75, 3.05) is 13.1 Å². The van der Waals surface area contributed by atoms with Gasteiger partial charge in [0.05, 0.1) is 0 Å². The number of carbonyl (C=O) groups excluding carboxylic acids is 1. The Labute approximate surface area is 142 Å². The van der Waals surface area contributed by atoms with Crippen molar-refractivity contribution in [3.63, 3.8) is 0 Å². The average Bonchev–Trinajstić information content (AvgIpc) is 2.62. The van der Waals surface area contributed by atoms with E-state index in [1.807, 2.05) is 35.2 Å². The van der Waals surface area contributed by atoms with Crippen molar-refractivity contribution in [1.29, 1.82) is 0 Å². The van der Waals surface area contributed by atoms with Gasteiger partial charge in [0.1, 0.15) is 17.2 Å². The fourth-order valence-corrected chi connectivity index (χ4v) is 3.22. The number of nitrogens with two attached hydrogens (primary N) is 1. The summed E-state index contributed by atoms with van der Waals surface area (Å²) in [6.07, 6.45) is 3.72. The SMILES string of the molecule is C[C@@H]1CCCN(C(=O)c2cc(Oc3ccccc3)ccn2)[C@@H]1CN. The third-order valence-electron chi connectivity index (χ3n) is 4.55. The van der Waals surface area contributed by atoms with Crippen LogP contribution in [0.15, 0.2) is 48.7 Å². The minimum atomic E-state index is -0.0736. The lowest BCUT2D eigenvalue weighted by Gasteiger charge is -2.39. The van der Waals surface area contributed by atoms with E-state index in [4.69, 9.17) is 10.5 Å². The molecule has 1 aliphatic heterocycles. The molecule has 3 rings (SSSR count). The number of hydrogen-bond acceptors (Lipinski definition) is 4. The normalized spacial score (nSPS) is 20.7. The lowest BCUT2D eigenvalue weighted by Crippen LogP contribution is -2.51. The number of aromatic nitrogens is 1. The number of rotatable bonds is 4. The van der Waals surface area contributed by atoms with Crippen molar-refractivity contribution in [3.8, 4) is 11.5 Å². The second kappa shape index (κ2) is 7.45. The first-order valence-corrected chi connectivity index (χ1v) is 8.39. The minimum Gasteiger partial charge on any atom is -0.457 e. The molecule has 0 saturated carbocycles. The Balaban J connectivity index is 1.79. The molecule has 5 heteroatoms. The van der Waals surface area contributed by atoms with Crippen molar-refractivity contribution >= 4 is 5.91 Å². The molecule has 2 aromatic rings. The first kappa shape index (κ1) is 16.5. The number of carbonyl (C=O) groups is 1. The number of para-hydroxylation sites is 1. The highest BCUT2D eigenvalue weighted by Crippen LogP contribution is 2.26. The maximum atomic E-state index is 12.9. The van der Waals surface area contributed by atoms with Crippen LogP contribution in [0.3, 0.4) is 0 Å². The zero-order valence-corrected chi connectivity index (χ0v) is 13.9. The fraction of sp³-hybridized carbons (Fsp3) is 0.368. The van der Waals surface area contributed by atoms with E-state index >= 15 is 0 Å². The molecular formula is C19H23N3O2. The Morgan fingerprint density at radius 1 is 1.29 bits per heavy atom. The molecule has 126 valence electrons. The molecule has 2 atom stereocenters. The third kappa shape index (κ3) is 3.57. The van der Waals surface area contributed by atoms with Gasteiger partial charge < -0.3 is 15.4 Å². The van der Waals surface area contributed by atoms with Crippen LogP contribution in [0.4, 0.5) is 0 Å². The number of hydrogen-bond donors (Lipinski definition) is 1. The zero-order chi connectivity index (χ0) is 16.9. The molecule has 1 fully saturated rings. The fourth-order valence-electron chi connectivity index (χ4n) is 3.22. The first-order valence-electron chi connectivity index (χ1n) is 8.39. The maximum Gasteiger partial charge on any atom is 0.272 e. The molecule has 0 spiro atoms. The molecule has 1 amide bonds. The second-order valence-corrected chi connectivity index (χ2v) is 6.21. The van der Waals surface area contributed by atoms with Gasteiger partial charge in [0.2, 0.25) is 0 Å². The highest BCUT2D eigenvalue weighted by Gasteiger charge is 2.31. The van der Waals surface area contributed by atoms with Gasteiger partial charge in [-0.15, -0.1) is 0 Å². The molecule has 1 saturated heterocycles. The van der Waals surface area contributed by atoms with Gasteiger partial charge >= 0.3 is 0 Å². The van der Waals surface area contributed by atoms with Gasteiger partial charge in [0, 0.05) is 31.4 Å². The monoisotopic (exact) mass is 325 g/mol. The van der Waals surface area contributed by atoms with Crippen LogP contribution in [0, 0.1) is 5.92 Å². The molecule has 1 aromatic carbocycles. The van der Waals surface area contributed by atoms with Gasteiger partial charge in [0.25, 0.3) is 5.91 Å². The summed E-state index contributed by atoms with van der Waals surface area (Å²) in [5, 5.41) is 0. The molecule has 0 radical (unpaired) electrons. The standard InChI is InChI=1S/C19H23N3O2/c1-14-6-5-11-22(18(14)13-20)19(23)17-12-16(9-10-21-17)24-15-7-3-2-4-8-15/h2-4,7-10,12,14,18H,5-6,11,13,20H2,1H3/t14-,18-/m1/s1. The molecule has 1 aromatic heterocycles. The van der Waals surface area contributed by atoms with Crippen molar-refractivity contribution in [3.05, 3.63) is 54.4 Å². The summed E-state index contributed by atoms with van der Waals surface area (Å²) in [6.45, 7) is 3.36. The molecule has 2 N–H and O–H groups in total. The average molecular weight is 325 g/mol. The zero-order valence-electron chi connectivity index (χ0n) is 13.9. The number of likely N-dealkylation sites (tertiary alicyclic amines) is 1. The predicted octanol–water partition coefficient (Wildman–Crippen LogP) is 3.07. The van der Waals surface area contributed by atoms with Gasteiger partial charge in [0.15, 0.2) is 0 Å². The maximum absolute atomic E-state index is 12.9. The number of nitrogens with zero attached hydrogens (tertiary/aromatic N) is 2. The van der Waals surface area contributed by atoms with E-state index < -0.39 is 0 Å². The van der Waals surface area contributed by atoms with E-state index in [0.717, 1.165) is 25.1 Å². The number of piperidine rings is 1. The highest BCUT2D eigenvalue weighted by molar-refractivity contribution is 5.93. The lowest BCUT2D eigenvalue weighted by molar-refractivity contribution is 0.0526. The topological polar surface area (TPSA) is 68.5 Å². The van der Waals surface area contributed by atoms with Crippen molar-refractivity contribution in [1.82, 2.24) is 9.88 Å². The second-order valence-electron chi connectivity index (χ2n) is 6.21. The molecule has 1 aliphatic rings. The number of ether oxygens (including phenoxy) is 1. The van der Waals surface area contributed by atoms with Gasteiger partial charge in [-0.2, -0.15) is 0 Å². The van der Waals surface area contributed by atoms with Crippen LogP contribution in [-0.2, 0) is 0 Å². The number of benzene rings is 1. The quantitative estimate of drug-likeness (QED) is 0.938. The van der Waals surface area contributed by atoms with E-state index in [9.17, 15) is 4.79 Å². The predicted molar refractivity (Wildman–Crippen MR) is 93.0 cm³/mol. The van der Waals surface area contributed by atoms with E-state index in [2.05, 4.69) is 11.9 Å². The third-order valence-corrected chi connectivity index (χ3v) is 4.55. The van der Waals surface area contributed by atoms with Crippen molar-refractivity contribution in [2.45, 2.75) is 25.8 Å². The van der Waals surface area contributed by atoms with Gasteiger partial charge in [-0.25, -0.2) is 0 Å². The van der Waals surface area contributed by atoms with Crippen LogP contribution in [0.2, 0.25) is 0 Å².